The topological polar surface area (TPSA) is 34.0 Å². The molecule has 0 aromatic carbocycles. The minimum Gasteiger partial charge on any atom is -0.330 e. The second kappa shape index (κ2) is 7.47. The second-order valence-corrected chi connectivity index (χ2v) is 7.67. The third-order valence-electron chi connectivity index (χ3n) is 5.06. The van der Waals surface area contributed by atoms with E-state index < -0.39 is 0 Å². The van der Waals surface area contributed by atoms with Crippen LogP contribution in [0.5, 0.6) is 0 Å². The predicted octanol–water partition coefficient (Wildman–Crippen LogP) is 3.70. The number of hydrogen-bond donors (Lipinski definition) is 0. The highest BCUT2D eigenvalue weighted by molar-refractivity contribution is 5.54. The van der Waals surface area contributed by atoms with Crippen molar-refractivity contribution in [3.05, 3.63) is 35.9 Å². The highest BCUT2D eigenvalue weighted by atomic mass is 15.1. The van der Waals surface area contributed by atoms with Gasteiger partial charge in [0.25, 0.3) is 0 Å². The van der Waals surface area contributed by atoms with Crippen molar-refractivity contribution < 1.29 is 0 Å². The van der Waals surface area contributed by atoms with Crippen LogP contribution in [0, 0.1) is 18.8 Å². The first-order valence-electron chi connectivity index (χ1n) is 9.19. The Morgan fingerprint density at radius 2 is 2.04 bits per heavy atom. The molecule has 0 amide bonds. The number of likely N-dealkylation sites (tertiary alicyclic amines) is 1. The lowest BCUT2D eigenvalue weighted by atomic mass is 9.91. The Labute approximate surface area is 145 Å². The van der Waals surface area contributed by atoms with Gasteiger partial charge in [-0.05, 0) is 56.2 Å². The van der Waals surface area contributed by atoms with Crippen LogP contribution in [-0.4, -0.2) is 39.1 Å². The maximum Gasteiger partial charge on any atom is 0.105 e. The monoisotopic (exact) mass is 326 g/mol. The molecule has 1 aliphatic heterocycles. The van der Waals surface area contributed by atoms with Crippen molar-refractivity contribution in [2.24, 2.45) is 18.9 Å². The first kappa shape index (κ1) is 17.2. The summed E-state index contributed by atoms with van der Waals surface area (Å²) in [7, 11) is 2.04. The normalized spacial score (nSPS) is 19.1. The molecule has 0 radical (unpaired) electrons. The third kappa shape index (κ3) is 4.04. The molecule has 3 rings (SSSR count). The minimum absolute atomic E-state index is 0.757. The molecule has 0 aliphatic carbocycles. The molecule has 24 heavy (non-hydrogen) atoms. The SMILES string of the molecule is Cc1ncc(-c2ccc(C[C@H]3CCCN(CC(C)C)C3)cn2)n1C. The van der Waals surface area contributed by atoms with Crippen LogP contribution in [0.15, 0.2) is 24.5 Å². The molecule has 0 spiro atoms. The lowest BCUT2D eigenvalue weighted by Gasteiger charge is -2.33. The summed E-state index contributed by atoms with van der Waals surface area (Å²) in [5.74, 6) is 2.54. The zero-order valence-corrected chi connectivity index (χ0v) is 15.5. The van der Waals surface area contributed by atoms with Crippen molar-refractivity contribution in [2.45, 2.75) is 40.0 Å². The number of piperidine rings is 1. The summed E-state index contributed by atoms with van der Waals surface area (Å²) in [4.78, 5) is 11.7. The van der Waals surface area contributed by atoms with E-state index in [-0.39, 0.29) is 0 Å². The van der Waals surface area contributed by atoms with Gasteiger partial charge in [-0.1, -0.05) is 19.9 Å². The fraction of sp³-hybridized carbons (Fsp3) is 0.600. The van der Waals surface area contributed by atoms with Crippen LogP contribution in [0.2, 0.25) is 0 Å². The van der Waals surface area contributed by atoms with Gasteiger partial charge >= 0.3 is 0 Å². The van der Waals surface area contributed by atoms with E-state index in [1.165, 1.54) is 38.0 Å². The molecule has 4 heteroatoms. The molecule has 0 N–H and O–H groups in total. The Morgan fingerprint density at radius 3 is 2.67 bits per heavy atom. The molecule has 130 valence electrons. The van der Waals surface area contributed by atoms with Crippen LogP contribution in [0.1, 0.15) is 38.1 Å². The average Bonchev–Trinajstić information content (AvgIpc) is 2.88. The van der Waals surface area contributed by atoms with Crippen molar-refractivity contribution in [1.29, 1.82) is 0 Å². The summed E-state index contributed by atoms with van der Waals surface area (Å²) < 4.78 is 2.09. The second-order valence-electron chi connectivity index (χ2n) is 7.67. The summed E-state index contributed by atoms with van der Waals surface area (Å²) >= 11 is 0. The van der Waals surface area contributed by atoms with Gasteiger partial charge in [0.2, 0.25) is 0 Å². The number of pyridine rings is 1. The van der Waals surface area contributed by atoms with Crippen LogP contribution in [0.4, 0.5) is 0 Å². The van der Waals surface area contributed by atoms with Gasteiger partial charge in [-0.2, -0.15) is 0 Å². The van der Waals surface area contributed by atoms with Crippen LogP contribution in [-0.2, 0) is 13.5 Å². The average molecular weight is 326 g/mol. The van der Waals surface area contributed by atoms with Gasteiger partial charge in [0.15, 0.2) is 0 Å². The van der Waals surface area contributed by atoms with Gasteiger partial charge in [0.1, 0.15) is 5.82 Å². The molecule has 4 nitrogen and oxygen atoms in total. The van der Waals surface area contributed by atoms with Gasteiger partial charge in [0, 0.05) is 26.3 Å². The van der Waals surface area contributed by atoms with E-state index in [0.717, 1.165) is 35.5 Å². The Morgan fingerprint density at radius 1 is 1.21 bits per heavy atom. The van der Waals surface area contributed by atoms with E-state index in [0.29, 0.717) is 0 Å². The van der Waals surface area contributed by atoms with Gasteiger partial charge in [-0.3, -0.25) is 4.98 Å². The fourth-order valence-corrected chi connectivity index (χ4v) is 3.77. The summed E-state index contributed by atoms with van der Waals surface area (Å²) in [6.07, 6.45) is 7.78. The van der Waals surface area contributed by atoms with Crippen molar-refractivity contribution in [1.82, 2.24) is 19.4 Å². The number of aromatic nitrogens is 3. The molecule has 1 saturated heterocycles. The van der Waals surface area contributed by atoms with Crippen LogP contribution >= 0.6 is 0 Å². The summed E-state index contributed by atoms with van der Waals surface area (Å²) in [5, 5.41) is 0. The van der Waals surface area contributed by atoms with Crippen molar-refractivity contribution in [3.8, 4) is 11.4 Å². The number of imidazole rings is 1. The largest absolute Gasteiger partial charge is 0.330 e. The van der Waals surface area contributed by atoms with E-state index in [9.17, 15) is 0 Å². The van der Waals surface area contributed by atoms with E-state index >= 15 is 0 Å². The molecule has 0 saturated carbocycles. The molecule has 1 atom stereocenters. The van der Waals surface area contributed by atoms with E-state index in [4.69, 9.17) is 0 Å². The zero-order chi connectivity index (χ0) is 17.1. The first-order valence-corrected chi connectivity index (χ1v) is 9.19. The highest BCUT2D eigenvalue weighted by Crippen LogP contribution is 2.23. The molecular formula is C20H30N4. The van der Waals surface area contributed by atoms with Gasteiger partial charge in [0.05, 0.1) is 17.6 Å². The Kier molecular flexibility index (Phi) is 5.34. The minimum atomic E-state index is 0.757. The molecule has 3 heterocycles. The third-order valence-corrected chi connectivity index (χ3v) is 5.06. The molecule has 1 aliphatic rings. The summed E-state index contributed by atoms with van der Waals surface area (Å²) in [6, 6.07) is 4.38. The van der Waals surface area contributed by atoms with E-state index in [2.05, 4.69) is 51.6 Å². The lowest BCUT2D eigenvalue weighted by Crippen LogP contribution is -2.38. The molecular weight excluding hydrogens is 296 g/mol. The standard InChI is InChI=1S/C20H30N4/c1-15(2)13-24-9-5-6-18(14-24)10-17-7-8-19(22-11-17)20-12-21-16(3)23(20)4/h7-8,11-12,15,18H,5-6,9-10,13-14H2,1-4H3/t18-/m1/s1. The van der Waals surface area contributed by atoms with Gasteiger partial charge < -0.3 is 9.47 Å². The quantitative estimate of drug-likeness (QED) is 0.840. The van der Waals surface area contributed by atoms with E-state index in [1.807, 2.05) is 20.2 Å². The highest BCUT2D eigenvalue weighted by Gasteiger charge is 2.20. The predicted molar refractivity (Wildman–Crippen MR) is 98.9 cm³/mol. The van der Waals surface area contributed by atoms with Crippen LogP contribution in [0.25, 0.3) is 11.4 Å². The van der Waals surface area contributed by atoms with Gasteiger partial charge in [-0.15, -0.1) is 0 Å². The molecule has 0 bridgehead atoms. The van der Waals surface area contributed by atoms with Crippen LogP contribution < -0.4 is 0 Å². The summed E-state index contributed by atoms with van der Waals surface area (Å²) in [6.45, 7) is 10.4. The Hall–Kier alpha value is -1.68. The zero-order valence-electron chi connectivity index (χ0n) is 15.5. The molecule has 2 aromatic heterocycles. The molecule has 1 fully saturated rings. The first-order chi connectivity index (χ1) is 11.5. The maximum absolute atomic E-state index is 4.68. The van der Waals surface area contributed by atoms with Crippen LogP contribution in [0.3, 0.4) is 0 Å². The Balaban J connectivity index is 1.63. The summed E-state index contributed by atoms with van der Waals surface area (Å²) in [5.41, 5.74) is 3.45. The van der Waals surface area contributed by atoms with Crippen molar-refractivity contribution in [2.75, 3.05) is 19.6 Å². The number of aryl methyl sites for hydroxylation is 1. The number of nitrogens with zero attached hydrogens (tertiary/aromatic N) is 4. The van der Waals surface area contributed by atoms with Crippen molar-refractivity contribution in [3.63, 3.8) is 0 Å². The molecule has 0 unspecified atom stereocenters. The Bertz CT molecular complexity index is 657. The maximum atomic E-state index is 4.68. The molecule has 2 aromatic rings. The van der Waals surface area contributed by atoms with Crippen molar-refractivity contribution >= 4 is 0 Å². The number of rotatable bonds is 5. The lowest BCUT2D eigenvalue weighted by molar-refractivity contribution is 0.158. The van der Waals surface area contributed by atoms with Gasteiger partial charge in [-0.25, -0.2) is 4.98 Å². The van der Waals surface area contributed by atoms with E-state index in [1.54, 1.807) is 0 Å². The fourth-order valence-electron chi connectivity index (χ4n) is 3.77. The smallest absolute Gasteiger partial charge is 0.105 e. The number of hydrogen-bond acceptors (Lipinski definition) is 3.